The highest BCUT2D eigenvalue weighted by Gasteiger charge is 2.42. The van der Waals surface area contributed by atoms with Crippen molar-refractivity contribution in [2.45, 2.75) is 97.8 Å². The van der Waals surface area contributed by atoms with Crippen molar-refractivity contribution in [3.8, 4) is 0 Å². The van der Waals surface area contributed by atoms with Gasteiger partial charge in [-0.3, -0.25) is 0 Å². The summed E-state index contributed by atoms with van der Waals surface area (Å²) >= 11 is 0. The first kappa shape index (κ1) is 26.1. The maximum absolute atomic E-state index is 9.16. The summed E-state index contributed by atoms with van der Waals surface area (Å²) in [6, 6.07) is 0. The van der Waals surface area contributed by atoms with Crippen molar-refractivity contribution in [2.75, 3.05) is 13.2 Å². The summed E-state index contributed by atoms with van der Waals surface area (Å²) in [5, 5.41) is 9.54. The van der Waals surface area contributed by atoms with E-state index in [0.717, 1.165) is 6.61 Å². The van der Waals surface area contributed by atoms with Gasteiger partial charge in [-0.1, -0.05) is 67.5 Å². The molecule has 3 atom stereocenters. The van der Waals surface area contributed by atoms with Gasteiger partial charge in [0.05, 0.1) is 12.7 Å². The first-order chi connectivity index (χ1) is 11.5. The van der Waals surface area contributed by atoms with Gasteiger partial charge in [0.15, 0.2) is 16.6 Å². The third-order valence-corrected chi connectivity index (χ3v) is 15.3. The standard InChI is InChI=1S/C21H46O3Si2/c1-17(14-13-15-22)19(24-26(11,12)21(6,7)8)18(2)16-23-25(9,10)20(3,4)5/h13-14,17-19,22H,15-16H2,1-12H3/b14-13+/t17-,18-,19+/m0/s1. The highest BCUT2D eigenvalue weighted by molar-refractivity contribution is 6.74. The minimum atomic E-state index is -1.88. The van der Waals surface area contributed by atoms with Crippen LogP contribution in [0.25, 0.3) is 0 Å². The molecule has 3 nitrogen and oxygen atoms in total. The van der Waals surface area contributed by atoms with Crippen molar-refractivity contribution in [1.82, 2.24) is 0 Å². The van der Waals surface area contributed by atoms with E-state index in [0.29, 0.717) is 5.92 Å². The lowest BCUT2D eigenvalue weighted by atomic mass is 9.94. The minimum Gasteiger partial charge on any atom is -0.416 e. The van der Waals surface area contributed by atoms with E-state index in [1.54, 1.807) is 0 Å². The molecule has 0 spiro atoms. The molecular formula is C21H46O3Si2. The largest absolute Gasteiger partial charge is 0.416 e. The molecule has 0 aromatic carbocycles. The Bertz CT molecular complexity index is 445. The number of hydrogen-bond acceptors (Lipinski definition) is 3. The van der Waals surface area contributed by atoms with Crippen LogP contribution in [0.1, 0.15) is 55.4 Å². The van der Waals surface area contributed by atoms with Crippen LogP contribution in [0.3, 0.4) is 0 Å². The Kier molecular flexibility index (Phi) is 9.52. The first-order valence-corrected chi connectivity index (χ1v) is 15.9. The van der Waals surface area contributed by atoms with Gasteiger partial charge in [0.1, 0.15) is 0 Å². The zero-order valence-electron chi connectivity index (χ0n) is 19.6. The molecule has 0 saturated carbocycles. The summed E-state index contributed by atoms with van der Waals surface area (Å²) in [5.74, 6) is 0.547. The molecule has 0 bridgehead atoms. The van der Waals surface area contributed by atoms with Crippen molar-refractivity contribution in [1.29, 1.82) is 0 Å². The molecule has 156 valence electrons. The fraction of sp³-hybridized carbons (Fsp3) is 0.905. The summed E-state index contributed by atoms with van der Waals surface area (Å²) in [6.45, 7) is 28.1. The van der Waals surface area contributed by atoms with Gasteiger partial charge < -0.3 is 14.0 Å². The summed E-state index contributed by atoms with van der Waals surface area (Å²) in [7, 11) is -3.66. The number of aliphatic hydroxyl groups excluding tert-OH is 1. The predicted molar refractivity (Wildman–Crippen MR) is 120 cm³/mol. The molecule has 0 fully saturated rings. The summed E-state index contributed by atoms with van der Waals surface area (Å²) in [5.41, 5.74) is 0. The fourth-order valence-corrected chi connectivity index (χ4v) is 4.89. The highest BCUT2D eigenvalue weighted by Crippen LogP contribution is 2.40. The van der Waals surface area contributed by atoms with E-state index < -0.39 is 16.6 Å². The Labute approximate surface area is 165 Å². The second-order valence-electron chi connectivity index (χ2n) is 10.9. The van der Waals surface area contributed by atoms with Crippen LogP contribution in [0, 0.1) is 11.8 Å². The molecule has 0 aliphatic heterocycles. The third kappa shape index (κ3) is 7.59. The monoisotopic (exact) mass is 402 g/mol. The van der Waals surface area contributed by atoms with Crippen molar-refractivity contribution in [3.63, 3.8) is 0 Å². The van der Waals surface area contributed by atoms with Crippen LogP contribution >= 0.6 is 0 Å². The topological polar surface area (TPSA) is 38.7 Å². The van der Waals surface area contributed by atoms with E-state index in [4.69, 9.17) is 14.0 Å². The number of hydrogen-bond donors (Lipinski definition) is 1. The Morgan fingerprint density at radius 2 is 1.35 bits per heavy atom. The average Bonchev–Trinajstić information content (AvgIpc) is 2.45. The lowest BCUT2D eigenvalue weighted by Gasteiger charge is -2.43. The van der Waals surface area contributed by atoms with E-state index in [1.807, 2.05) is 6.08 Å². The molecule has 0 unspecified atom stereocenters. The smallest absolute Gasteiger partial charge is 0.192 e. The van der Waals surface area contributed by atoms with E-state index in [-0.39, 0.29) is 28.7 Å². The van der Waals surface area contributed by atoms with E-state index in [9.17, 15) is 0 Å². The maximum atomic E-state index is 9.16. The summed E-state index contributed by atoms with van der Waals surface area (Å²) in [4.78, 5) is 0. The van der Waals surface area contributed by atoms with E-state index in [1.165, 1.54) is 0 Å². The molecule has 0 rings (SSSR count). The SMILES string of the molecule is C[C@@H](/C=C/CO)[C@@H](O[Si](C)(C)C(C)(C)C)[C@@H](C)CO[Si](C)(C)C(C)(C)C. The Balaban J connectivity index is 5.37. The minimum absolute atomic E-state index is 0.0754. The Hall–Kier alpha value is 0.0538. The normalized spacial score (nSPS) is 18.2. The highest BCUT2D eigenvalue weighted by atomic mass is 28.4. The predicted octanol–water partition coefficient (Wildman–Crippen LogP) is 6.22. The fourth-order valence-electron chi connectivity index (χ4n) is 2.29. The molecule has 1 N–H and O–H groups in total. The molecule has 0 radical (unpaired) electrons. The maximum Gasteiger partial charge on any atom is 0.192 e. The van der Waals surface area contributed by atoms with Crippen molar-refractivity contribution in [3.05, 3.63) is 12.2 Å². The van der Waals surface area contributed by atoms with Crippen LogP contribution in [0.4, 0.5) is 0 Å². The van der Waals surface area contributed by atoms with Crippen LogP contribution in [0.2, 0.25) is 36.3 Å². The van der Waals surface area contributed by atoms with Gasteiger partial charge >= 0.3 is 0 Å². The zero-order valence-corrected chi connectivity index (χ0v) is 21.6. The van der Waals surface area contributed by atoms with Crippen LogP contribution in [-0.2, 0) is 8.85 Å². The Morgan fingerprint density at radius 3 is 1.73 bits per heavy atom. The molecule has 0 saturated heterocycles. The van der Waals surface area contributed by atoms with Gasteiger partial charge in [-0.2, -0.15) is 0 Å². The molecule has 0 aromatic heterocycles. The first-order valence-electron chi connectivity index (χ1n) is 10.1. The third-order valence-electron chi connectivity index (χ3n) is 6.37. The number of aliphatic hydroxyl groups is 1. The summed E-state index contributed by atoms with van der Waals surface area (Å²) in [6.07, 6.45) is 4.01. The van der Waals surface area contributed by atoms with E-state index in [2.05, 4.69) is 87.7 Å². The van der Waals surface area contributed by atoms with Crippen LogP contribution in [-0.4, -0.2) is 41.1 Å². The van der Waals surface area contributed by atoms with Gasteiger partial charge in [0, 0.05) is 12.5 Å². The van der Waals surface area contributed by atoms with Crippen LogP contribution in [0.15, 0.2) is 12.2 Å². The van der Waals surface area contributed by atoms with Crippen LogP contribution in [0.5, 0.6) is 0 Å². The quantitative estimate of drug-likeness (QED) is 0.367. The van der Waals surface area contributed by atoms with Crippen molar-refractivity contribution >= 4 is 16.6 Å². The molecule has 26 heavy (non-hydrogen) atoms. The summed E-state index contributed by atoms with van der Waals surface area (Å²) < 4.78 is 13.3. The van der Waals surface area contributed by atoms with Gasteiger partial charge in [-0.25, -0.2) is 0 Å². The molecule has 0 heterocycles. The van der Waals surface area contributed by atoms with Crippen LogP contribution < -0.4 is 0 Å². The van der Waals surface area contributed by atoms with Gasteiger partial charge in [-0.05, 0) is 42.2 Å². The van der Waals surface area contributed by atoms with E-state index >= 15 is 0 Å². The lowest BCUT2D eigenvalue weighted by molar-refractivity contribution is 0.0625. The second kappa shape index (κ2) is 9.50. The molecule has 0 aliphatic rings. The number of rotatable bonds is 9. The molecular weight excluding hydrogens is 356 g/mol. The van der Waals surface area contributed by atoms with Crippen molar-refractivity contribution < 1.29 is 14.0 Å². The average molecular weight is 403 g/mol. The molecule has 5 heteroatoms. The van der Waals surface area contributed by atoms with Gasteiger partial charge in [-0.15, -0.1) is 0 Å². The molecule has 0 aliphatic carbocycles. The lowest BCUT2D eigenvalue weighted by Crippen LogP contribution is -2.49. The molecule has 0 aromatic rings. The second-order valence-corrected chi connectivity index (χ2v) is 20.4. The van der Waals surface area contributed by atoms with Crippen molar-refractivity contribution in [2.24, 2.45) is 11.8 Å². The van der Waals surface area contributed by atoms with Gasteiger partial charge in [0.25, 0.3) is 0 Å². The molecule has 0 amide bonds. The Morgan fingerprint density at radius 1 is 0.885 bits per heavy atom. The zero-order chi connectivity index (χ0) is 21.0. The van der Waals surface area contributed by atoms with Gasteiger partial charge in [0.2, 0.25) is 0 Å².